The lowest BCUT2D eigenvalue weighted by Crippen LogP contribution is -2.11. The molecule has 122 valence electrons. The van der Waals surface area contributed by atoms with Gasteiger partial charge in [-0.05, 0) is 42.8 Å². The first kappa shape index (κ1) is 16.1. The van der Waals surface area contributed by atoms with Gasteiger partial charge in [0.05, 0.1) is 12.3 Å². The Morgan fingerprint density at radius 1 is 1.17 bits per heavy atom. The van der Waals surface area contributed by atoms with Gasteiger partial charge in [-0.3, -0.25) is 15.1 Å². The van der Waals surface area contributed by atoms with Gasteiger partial charge in [-0.2, -0.15) is 0 Å². The van der Waals surface area contributed by atoms with E-state index in [1.807, 2.05) is 29.6 Å². The van der Waals surface area contributed by atoms with E-state index in [9.17, 15) is 4.79 Å². The number of nitrogens with zero attached hydrogens (tertiary/aromatic N) is 2. The monoisotopic (exact) mass is 339 g/mol. The van der Waals surface area contributed by atoms with Gasteiger partial charge in [-0.25, -0.2) is 4.98 Å². The lowest BCUT2D eigenvalue weighted by Gasteiger charge is -2.04. The minimum Gasteiger partial charge on any atom is -0.494 e. The average Bonchev–Trinajstić information content (AvgIpc) is 3.09. The maximum atomic E-state index is 12.1. The van der Waals surface area contributed by atoms with Gasteiger partial charge < -0.3 is 4.74 Å². The molecule has 0 saturated heterocycles. The smallest absolute Gasteiger partial charge is 0.257 e. The fourth-order valence-electron chi connectivity index (χ4n) is 2.08. The quantitative estimate of drug-likeness (QED) is 0.729. The predicted molar refractivity (Wildman–Crippen MR) is 95.5 cm³/mol. The normalized spacial score (nSPS) is 10.4. The molecule has 2 heterocycles. The van der Waals surface area contributed by atoms with Crippen LogP contribution in [0.5, 0.6) is 5.75 Å². The lowest BCUT2D eigenvalue weighted by atomic mass is 10.2. The minimum atomic E-state index is -0.193. The topological polar surface area (TPSA) is 64.1 Å². The molecule has 0 fully saturated rings. The predicted octanol–water partition coefficient (Wildman–Crippen LogP) is 4.25. The van der Waals surface area contributed by atoms with E-state index in [0.717, 1.165) is 23.4 Å². The summed E-state index contributed by atoms with van der Waals surface area (Å²) >= 11 is 1.40. The van der Waals surface area contributed by atoms with E-state index in [1.165, 1.54) is 11.3 Å². The van der Waals surface area contributed by atoms with Gasteiger partial charge in [0, 0.05) is 28.9 Å². The Labute approximate surface area is 144 Å². The first-order chi connectivity index (χ1) is 11.8. The van der Waals surface area contributed by atoms with Crippen molar-refractivity contribution in [1.29, 1.82) is 0 Å². The van der Waals surface area contributed by atoms with Crippen LogP contribution < -0.4 is 10.1 Å². The van der Waals surface area contributed by atoms with Gasteiger partial charge in [-0.1, -0.05) is 6.92 Å². The highest BCUT2D eigenvalue weighted by Gasteiger charge is 2.10. The third-order valence-corrected chi connectivity index (χ3v) is 4.05. The molecule has 5 nitrogen and oxygen atoms in total. The molecule has 0 radical (unpaired) electrons. The van der Waals surface area contributed by atoms with Crippen molar-refractivity contribution >= 4 is 22.4 Å². The molecule has 0 spiro atoms. The fourth-order valence-corrected chi connectivity index (χ4v) is 2.79. The average molecular weight is 339 g/mol. The van der Waals surface area contributed by atoms with Crippen LogP contribution in [0.15, 0.2) is 54.2 Å². The van der Waals surface area contributed by atoms with Gasteiger partial charge in [-0.15, -0.1) is 11.3 Å². The summed E-state index contributed by atoms with van der Waals surface area (Å²) in [5.41, 5.74) is 2.37. The highest BCUT2D eigenvalue weighted by atomic mass is 32.1. The molecule has 6 heteroatoms. The van der Waals surface area contributed by atoms with Crippen molar-refractivity contribution in [3.05, 3.63) is 59.7 Å². The van der Waals surface area contributed by atoms with Gasteiger partial charge in [0.1, 0.15) is 5.75 Å². The van der Waals surface area contributed by atoms with E-state index in [4.69, 9.17) is 4.74 Å². The number of carbonyl (C=O) groups is 1. The van der Waals surface area contributed by atoms with Crippen LogP contribution in [0, 0.1) is 0 Å². The van der Waals surface area contributed by atoms with Crippen molar-refractivity contribution in [2.24, 2.45) is 0 Å². The van der Waals surface area contributed by atoms with Crippen LogP contribution >= 0.6 is 11.3 Å². The minimum absolute atomic E-state index is 0.193. The molecule has 0 aliphatic carbocycles. The Balaban J connectivity index is 1.68. The van der Waals surface area contributed by atoms with E-state index in [-0.39, 0.29) is 5.91 Å². The zero-order valence-corrected chi connectivity index (χ0v) is 14.0. The summed E-state index contributed by atoms with van der Waals surface area (Å²) in [6, 6.07) is 11.1. The summed E-state index contributed by atoms with van der Waals surface area (Å²) < 4.78 is 5.57. The molecule has 3 rings (SSSR count). The summed E-state index contributed by atoms with van der Waals surface area (Å²) in [4.78, 5) is 20.5. The number of aromatic nitrogens is 2. The molecule has 0 aliphatic heterocycles. The third kappa shape index (κ3) is 3.97. The SMILES string of the molecule is CCCOc1ccc(-c2csc(NC(=O)c3ccncc3)n2)cc1. The molecular weight excluding hydrogens is 322 g/mol. The highest BCUT2D eigenvalue weighted by Crippen LogP contribution is 2.26. The van der Waals surface area contributed by atoms with Gasteiger partial charge in [0.15, 0.2) is 5.13 Å². The van der Waals surface area contributed by atoms with Crippen LogP contribution in [0.1, 0.15) is 23.7 Å². The van der Waals surface area contributed by atoms with Crippen LogP contribution in [-0.4, -0.2) is 22.5 Å². The Morgan fingerprint density at radius 3 is 2.62 bits per heavy atom. The molecule has 1 N–H and O–H groups in total. The first-order valence-corrected chi connectivity index (χ1v) is 8.54. The largest absolute Gasteiger partial charge is 0.494 e. The van der Waals surface area contributed by atoms with E-state index in [0.29, 0.717) is 17.3 Å². The molecule has 1 amide bonds. The summed E-state index contributed by atoms with van der Waals surface area (Å²) in [5.74, 6) is 0.656. The standard InChI is InChI=1S/C18H17N3O2S/c1-2-11-23-15-5-3-13(4-6-15)16-12-24-18(20-16)21-17(22)14-7-9-19-10-8-14/h3-10,12H,2,11H2,1H3,(H,20,21,22). The second-order valence-electron chi connectivity index (χ2n) is 5.10. The van der Waals surface area contributed by atoms with Crippen LogP contribution in [0.4, 0.5) is 5.13 Å². The van der Waals surface area contributed by atoms with E-state index in [2.05, 4.69) is 22.2 Å². The van der Waals surface area contributed by atoms with Crippen molar-refractivity contribution in [2.45, 2.75) is 13.3 Å². The Bertz CT molecular complexity index is 801. The number of amides is 1. The highest BCUT2D eigenvalue weighted by molar-refractivity contribution is 7.14. The van der Waals surface area contributed by atoms with Crippen molar-refractivity contribution in [3.63, 3.8) is 0 Å². The number of benzene rings is 1. The molecule has 0 unspecified atom stereocenters. The lowest BCUT2D eigenvalue weighted by molar-refractivity contribution is 0.102. The van der Waals surface area contributed by atoms with E-state index in [1.54, 1.807) is 24.5 Å². The fraction of sp³-hybridized carbons (Fsp3) is 0.167. The number of carbonyl (C=O) groups excluding carboxylic acids is 1. The second-order valence-corrected chi connectivity index (χ2v) is 5.96. The Kier molecular flexibility index (Phi) is 5.18. The van der Waals surface area contributed by atoms with Crippen molar-refractivity contribution < 1.29 is 9.53 Å². The molecule has 0 aliphatic rings. The van der Waals surface area contributed by atoms with Crippen LogP contribution in [0.25, 0.3) is 11.3 Å². The van der Waals surface area contributed by atoms with E-state index < -0.39 is 0 Å². The molecule has 0 saturated carbocycles. The Hall–Kier alpha value is -2.73. The number of ether oxygens (including phenoxy) is 1. The number of anilines is 1. The number of pyridine rings is 1. The summed E-state index contributed by atoms with van der Waals surface area (Å²) in [6.07, 6.45) is 4.16. The molecule has 2 aromatic heterocycles. The molecule has 0 bridgehead atoms. The Morgan fingerprint density at radius 2 is 1.92 bits per heavy atom. The maximum Gasteiger partial charge on any atom is 0.257 e. The number of rotatable bonds is 6. The number of hydrogen-bond acceptors (Lipinski definition) is 5. The molecule has 24 heavy (non-hydrogen) atoms. The number of hydrogen-bond donors (Lipinski definition) is 1. The van der Waals surface area contributed by atoms with Crippen molar-refractivity contribution in [1.82, 2.24) is 9.97 Å². The van der Waals surface area contributed by atoms with E-state index >= 15 is 0 Å². The van der Waals surface area contributed by atoms with Gasteiger partial charge in [0.25, 0.3) is 5.91 Å². The van der Waals surface area contributed by atoms with Crippen LogP contribution in [0.3, 0.4) is 0 Å². The van der Waals surface area contributed by atoms with Gasteiger partial charge in [0.2, 0.25) is 0 Å². The maximum absolute atomic E-state index is 12.1. The zero-order chi connectivity index (χ0) is 16.8. The molecule has 1 aromatic carbocycles. The zero-order valence-electron chi connectivity index (χ0n) is 13.2. The summed E-state index contributed by atoms with van der Waals surface area (Å²) in [5, 5.41) is 5.29. The van der Waals surface area contributed by atoms with Crippen molar-refractivity contribution in [2.75, 3.05) is 11.9 Å². The second kappa shape index (κ2) is 7.70. The molecular formula is C18H17N3O2S. The summed E-state index contributed by atoms with van der Waals surface area (Å²) in [7, 11) is 0. The first-order valence-electron chi connectivity index (χ1n) is 7.66. The van der Waals surface area contributed by atoms with Crippen LogP contribution in [-0.2, 0) is 0 Å². The van der Waals surface area contributed by atoms with Gasteiger partial charge >= 0.3 is 0 Å². The summed E-state index contributed by atoms with van der Waals surface area (Å²) in [6.45, 7) is 2.78. The number of thiazole rings is 1. The third-order valence-electron chi connectivity index (χ3n) is 3.29. The number of nitrogens with one attached hydrogen (secondary N) is 1. The van der Waals surface area contributed by atoms with Crippen LogP contribution in [0.2, 0.25) is 0 Å². The van der Waals surface area contributed by atoms with Crippen molar-refractivity contribution in [3.8, 4) is 17.0 Å². The molecule has 3 aromatic rings. The molecule has 0 atom stereocenters.